The fourth-order valence-corrected chi connectivity index (χ4v) is 3.17. The minimum Gasteiger partial charge on any atom is -0.378 e. The summed E-state index contributed by atoms with van der Waals surface area (Å²) in [5, 5.41) is 21.6. The number of aromatic nitrogens is 5. The fourth-order valence-electron chi connectivity index (χ4n) is 3.17. The Balaban J connectivity index is 1.63. The number of benzene rings is 2. The van der Waals surface area contributed by atoms with Crippen LogP contribution in [0.2, 0.25) is 0 Å². The lowest BCUT2D eigenvalue weighted by Gasteiger charge is -2.19. The summed E-state index contributed by atoms with van der Waals surface area (Å²) in [5.74, 6) is -0.283. The third-order valence-corrected chi connectivity index (χ3v) is 4.49. The summed E-state index contributed by atoms with van der Waals surface area (Å²) in [4.78, 5) is 12.8. The lowest BCUT2D eigenvalue weighted by atomic mass is 9.90. The third-order valence-electron chi connectivity index (χ3n) is 4.49. The van der Waals surface area contributed by atoms with Crippen molar-refractivity contribution in [2.45, 2.75) is 26.2 Å². The molecule has 3 N–H and O–H groups in total. The molecule has 0 atom stereocenters. The number of hydrogen-bond acceptors (Lipinski definition) is 8. The number of hydrogen-bond donors (Lipinski definition) is 2. The van der Waals surface area contributed by atoms with E-state index in [2.05, 4.69) is 35.8 Å². The summed E-state index contributed by atoms with van der Waals surface area (Å²) in [6.07, 6.45) is 1.60. The van der Waals surface area contributed by atoms with Gasteiger partial charge in [0.25, 0.3) is 5.91 Å². The van der Waals surface area contributed by atoms with E-state index in [1.54, 1.807) is 6.21 Å². The van der Waals surface area contributed by atoms with Gasteiger partial charge >= 0.3 is 0 Å². The number of hydrazone groups is 1. The minimum absolute atomic E-state index is 0.0475. The molecule has 0 saturated carbocycles. The highest BCUT2D eigenvalue weighted by molar-refractivity contribution is 6.00. The van der Waals surface area contributed by atoms with Crippen molar-refractivity contribution in [3.63, 3.8) is 0 Å². The first-order valence-electron chi connectivity index (χ1n) is 9.22. The van der Waals surface area contributed by atoms with Crippen LogP contribution in [-0.4, -0.2) is 37.4 Å². The summed E-state index contributed by atoms with van der Waals surface area (Å²) in [6, 6.07) is 13.8. The number of nitrogens with two attached hydrogens (primary N) is 1. The molecule has 0 spiro atoms. The van der Waals surface area contributed by atoms with E-state index in [1.165, 1.54) is 4.68 Å². The maximum absolute atomic E-state index is 12.8. The van der Waals surface area contributed by atoms with Crippen LogP contribution < -0.4 is 11.2 Å². The summed E-state index contributed by atoms with van der Waals surface area (Å²) < 4.78 is 6.00. The van der Waals surface area contributed by atoms with Crippen LogP contribution in [-0.2, 0) is 5.41 Å². The molecule has 0 fully saturated rings. The number of nitrogens with zero attached hydrogens (tertiary/aromatic N) is 6. The predicted molar refractivity (Wildman–Crippen MR) is 111 cm³/mol. The second-order valence-corrected chi connectivity index (χ2v) is 7.69. The van der Waals surface area contributed by atoms with Gasteiger partial charge in [-0.15, -0.1) is 5.10 Å². The van der Waals surface area contributed by atoms with E-state index < -0.39 is 11.3 Å². The van der Waals surface area contributed by atoms with Crippen molar-refractivity contribution >= 4 is 28.7 Å². The number of rotatable bonds is 4. The Morgan fingerprint density at radius 2 is 1.93 bits per heavy atom. The molecule has 10 nitrogen and oxygen atoms in total. The topological polar surface area (TPSA) is 137 Å². The van der Waals surface area contributed by atoms with Gasteiger partial charge in [-0.1, -0.05) is 68.4 Å². The van der Waals surface area contributed by atoms with Gasteiger partial charge in [0.1, 0.15) is 0 Å². The van der Waals surface area contributed by atoms with E-state index in [4.69, 9.17) is 5.73 Å². The van der Waals surface area contributed by atoms with E-state index in [0.717, 1.165) is 16.3 Å². The Kier molecular flexibility index (Phi) is 4.74. The van der Waals surface area contributed by atoms with Crippen molar-refractivity contribution < 1.29 is 9.42 Å². The van der Waals surface area contributed by atoms with Gasteiger partial charge in [-0.3, -0.25) is 4.79 Å². The molecule has 2 aromatic carbocycles. The summed E-state index contributed by atoms with van der Waals surface area (Å²) in [5.41, 5.74) is 9.30. The average Bonchev–Trinajstić information content (AvgIpc) is 3.34. The molecule has 4 aromatic rings. The number of carbonyl (C=O) groups is 1. The highest BCUT2D eigenvalue weighted by atomic mass is 16.6. The molecule has 10 heteroatoms. The molecule has 0 aliphatic heterocycles. The minimum atomic E-state index is -0.502. The van der Waals surface area contributed by atoms with E-state index in [1.807, 2.05) is 63.2 Å². The fraction of sp³-hybridized carbons (Fsp3) is 0.200. The normalized spacial score (nSPS) is 12.0. The van der Waals surface area contributed by atoms with E-state index in [0.29, 0.717) is 5.69 Å². The zero-order valence-electron chi connectivity index (χ0n) is 16.7. The molecule has 0 radical (unpaired) electrons. The van der Waals surface area contributed by atoms with Gasteiger partial charge in [0, 0.05) is 11.0 Å². The average molecular weight is 404 g/mol. The largest absolute Gasteiger partial charge is 0.378 e. The van der Waals surface area contributed by atoms with E-state index in [-0.39, 0.29) is 17.3 Å². The van der Waals surface area contributed by atoms with Crippen LogP contribution in [0.5, 0.6) is 0 Å². The van der Waals surface area contributed by atoms with Gasteiger partial charge in [-0.05, 0) is 21.1 Å². The van der Waals surface area contributed by atoms with Crippen LogP contribution in [0.3, 0.4) is 0 Å². The van der Waals surface area contributed by atoms with Gasteiger partial charge in [0.15, 0.2) is 5.69 Å². The molecule has 152 valence electrons. The van der Waals surface area contributed by atoms with Crippen molar-refractivity contribution in [2.24, 2.45) is 5.10 Å². The Labute approximate surface area is 171 Å². The standard InChI is InChI=1S/C20H20N8O2/c1-20(2,3)16-15(23-27-28(16)18-17(21)25-30-26-18)19(29)24-22-11-13-9-6-8-12-7-4-5-10-14(12)13/h4-11H,1-3H3,(H2,21,25)(H,24,29)/b22-11-. The Bertz CT molecular complexity index is 1240. The van der Waals surface area contributed by atoms with Crippen LogP contribution in [0, 0.1) is 0 Å². The third kappa shape index (κ3) is 3.50. The quantitative estimate of drug-likeness (QED) is 0.394. The number of amides is 1. The van der Waals surface area contributed by atoms with Gasteiger partial charge < -0.3 is 5.73 Å². The lowest BCUT2D eigenvalue weighted by Crippen LogP contribution is -2.26. The second kappa shape index (κ2) is 7.39. The summed E-state index contributed by atoms with van der Waals surface area (Å²) in [7, 11) is 0. The Hall–Kier alpha value is -4.08. The Morgan fingerprint density at radius 3 is 2.67 bits per heavy atom. The first kappa shape index (κ1) is 19.2. The number of nitrogen functional groups attached to an aromatic ring is 1. The van der Waals surface area contributed by atoms with Crippen LogP contribution in [0.1, 0.15) is 42.5 Å². The molecule has 0 aliphatic rings. The van der Waals surface area contributed by atoms with Crippen molar-refractivity contribution in [3.8, 4) is 5.82 Å². The molecule has 30 heavy (non-hydrogen) atoms. The molecular formula is C20H20N8O2. The SMILES string of the molecule is CC(C)(C)c1c(C(=O)N/N=C\c2cccc3ccccc23)nnn1-c1nonc1N. The van der Waals surface area contributed by atoms with Gasteiger partial charge in [0.2, 0.25) is 11.6 Å². The predicted octanol–water partition coefficient (Wildman–Crippen LogP) is 2.45. The monoisotopic (exact) mass is 404 g/mol. The van der Waals surface area contributed by atoms with Crippen molar-refractivity contribution in [3.05, 3.63) is 59.4 Å². The van der Waals surface area contributed by atoms with Crippen LogP contribution in [0.15, 0.2) is 52.2 Å². The van der Waals surface area contributed by atoms with Crippen molar-refractivity contribution in [1.29, 1.82) is 0 Å². The highest BCUT2D eigenvalue weighted by Gasteiger charge is 2.31. The molecule has 2 aromatic heterocycles. The van der Waals surface area contributed by atoms with Gasteiger partial charge in [-0.2, -0.15) is 9.78 Å². The van der Waals surface area contributed by atoms with Crippen LogP contribution >= 0.6 is 0 Å². The molecule has 2 heterocycles. The molecule has 0 aliphatic carbocycles. The first-order valence-corrected chi connectivity index (χ1v) is 9.22. The number of anilines is 1. The molecule has 0 bridgehead atoms. The molecule has 0 unspecified atom stereocenters. The van der Waals surface area contributed by atoms with Crippen LogP contribution in [0.25, 0.3) is 16.6 Å². The van der Waals surface area contributed by atoms with Crippen molar-refractivity contribution in [2.75, 3.05) is 5.73 Å². The Morgan fingerprint density at radius 1 is 1.17 bits per heavy atom. The molecule has 0 saturated heterocycles. The number of fused-ring (bicyclic) bond motifs is 1. The lowest BCUT2D eigenvalue weighted by molar-refractivity contribution is 0.0947. The van der Waals surface area contributed by atoms with Crippen molar-refractivity contribution in [1.82, 2.24) is 30.7 Å². The second-order valence-electron chi connectivity index (χ2n) is 7.69. The molecule has 1 amide bonds. The first-order chi connectivity index (χ1) is 14.4. The highest BCUT2D eigenvalue weighted by Crippen LogP contribution is 2.27. The summed E-state index contributed by atoms with van der Waals surface area (Å²) >= 11 is 0. The molecular weight excluding hydrogens is 384 g/mol. The zero-order valence-corrected chi connectivity index (χ0v) is 16.7. The molecule has 4 rings (SSSR count). The zero-order chi connectivity index (χ0) is 21.3. The van der Waals surface area contributed by atoms with E-state index >= 15 is 0 Å². The smallest absolute Gasteiger partial charge is 0.293 e. The van der Waals surface area contributed by atoms with E-state index in [9.17, 15) is 4.79 Å². The number of nitrogens with one attached hydrogen (secondary N) is 1. The van der Waals surface area contributed by atoms with Crippen LogP contribution in [0.4, 0.5) is 5.82 Å². The maximum atomic E-state index is 12.8. The van der Waals surface area contributed by atoms with Gasteiger partial charge in [-0.25, -0.2) is 10.1 Å². The summed E-state index contributed by atoms with van der Waals surface area (Å²) in [6.45, 7) is 5.76. The maximum Gasteiger partial charge on any atom is 0.293 e. The number of carbonyl (C=O) groups excluding carboxylic acids is 1. The van der Waals surface area contributed by atoms with Gasteiger partial charge in [0.05, 0.1) is 11.9 Å².